The molecule has 0 radical (unpaired) electrons. The molecule has 0 aliphatic heterocycles. The molecule has 0 heterocycles. The van der Waals surface area contributed by atoms with E-state index in [0.717, 1.165) is 11.1 Å². The number of amides is 1. The van der Waals surface area contributed by atoms with Gasteiger partial charge in [0.15, 0.2) is 12.4 Å². The van der Waals surface area contributed by atoms with E-state index >= 15 is 0 Å². The van der Waals surface area contributed by atoms with Crippen LogP contribution in [0.3, 0.4) is 0 Å². The lowest BCUT2D eigenvalue weighted by Gasteiger charge is -2.08. The fourth-order valence-electron chi connectivity index (χ4n) is 2.70. The van der Waals surface area contributed by atoms with Gasteiger partial charge in [0, 0.05) is 16.8 Å². The molecular weight excluding hydrogens is 366 g/mol. The molecule has 146 valence electrons. The van der Waals surface area contributed by atoms with E-state index in [1.54, 1.807) is 60.7 Å². The molecule has 0 aromatic heterocycles. The van der Waals surface area contributed by atoms with Gasteiger partial charge in [0.2, 0.25) is 0 Å². The third kappa shape index (κ3) is 5.17. The van der Waals surface area contributed by atoms with Crippen molar-refractivity contribution in [3.63, 3.8) is 0 Å². The molecule has 0 spiro atoms. The second-order valence-electron chi connectivity index (χ2n) is 6.70. The van der Waals surface area contributed by atoms with E-state index in [0.29, 0.717) is 22.4 Å². The van der Waals surface area contributed by atoms with Crippen molar-refractivity contribution in [3.05, 3.63) is 101 Å². The minimum absolute atomic E-state index is 0.230. The average molecular weight is 387 g/mol. The smallest absolute Gasteiger partial charge is 0.338 e. The van der Waals surface area contributed by atoms with E-state index in [1.807, 2.05) is 26.0 Å². The number of rotatable bonds is 6. The van der Waals surface area contributed by atoms with Gasteiger partial charge in [0.05, 0.1) is 5.56 Å². The topological polar surface area (TPSA) is 72.5 Å². The number of nitrogens with one attached hydrogen (secondary N) is 1. The van der Waals surface area contributed by atoms with Crippen LogP contribution in [0.2, 0.25) is 0 Å². The highest BCUT2D eigenvalue weighted by atomic mass is 16.5. The maximum absolute atomic E-state index is 12.3. The molecule has 0 saturated carbocycles. The van der Waals surface area contributed by atoms with E-state index in [1.165, 1.54) is 0 Å². The predicted molar refractivity (Wildman–Crippen MR) is 111 cm³/mol. The van der Waals surface area contributed by atoms with E-state index in [2.05, 4.69) is 5.32 Å². The lowest BCUT2D eigenvalue weighted by atomic mass is 10.1. The molecule has 0 unspecified atom stereocenters. The third-order valence-corrected chi connectivity index (χ3v) is 4.58. The summed E-state index contributed by atoms with van der Waals surface area (Å²) in [7, 11) is 0. The van der Waals surface area contributed by atoms with Gasteiger partial charge in [0.1, 0.15) is 0 Å². The number of anilines is 1. The maximum Gasteiger partial charge on any atom is 0.338 e. The molecule has 29 heavy (non-hydrogen) atoms. The number of carbonyl (C=O) groups excluding carboxylic acids is 3. The van der Waals surface area contributed by atoms with Gasteiger partial charge < -0.3 is 10.1 Å². The summed E-state index contributed by atoms with van der Waals surface area (Å²) < 4.78 is 5.13. The standard InChI is InChI=1S/C24H21NO4/c1-16-8-9-20(14-17(16)2)24(28)29-15-22(26)18-10-12-21(13-11-18)25-23(27)19-6-4-3-5-7-19/h3-14H,15H2,1-2H3,(H,25,27). The van der Waals surface area contributed by atoms with Gasteiger partial charge in [-0.15, -0.1) is 0 Å². The lowest BCUT2D eigenvalue weighted by molar-refractivity contribution is 0.0474. The molecule has 0 saturated heterocycles. The molecule has 0 atom stereocenters. The van der Waals surface area contributed by atoms with Gasteiger partial charge in [0.25, 0.3) is 5.91 Å². The summed E-state index contributed by atoms with van der Waals surface area (Å²) in [5.41, 5.74) is 4.00. The van der Waals surface area contributed by atoms with E-state index in [-0.39, 0.29) is 18.3 Å². The lowest BCUT2D eigenvalue weighted by Crippen LogP contribution is -2.15. The molecule has 3 rings (SSSR count). The molecule has 1 amide bonds. The minimum Gasteiger partial charge on any atom is -0.454 e. The van der Waals surface area contributed by atoms with Crippen LogP contribution >= 0.6 is 0 Å². The van der Waals surface area contributed by atoms with Crippen molar-refractivity contribution in [1.82, 2.24) is 0 Å². The van der Waals surface area contributed by atoms with Crippen LogP contribution in [0.4, 0.5) is 5.69 Å². The number of hydrogen-bond donors (Lipinski definition) is 1. The Kier molecular flexibility index (Phi) is 6.19. The molecule has 0 aliphatic rings. The van der Waals surface area contributed by atoms with Crippen LogP contribution in [0.5, 0.6) is 0 Å². The Hall–Kier alpha value is -3.73. The Balaban J connectivity index is 1.56. The van der Waals surface area contributed by atoms with Crippen LogP contribution < -0.4 is 5.32 Å². The number of carbonyl (C=O) groups is 3. The Morgan fingerprint density at radius 3 is 2.07 bits per heavy atom. The van der Waals surface area contributed by atoms with Gasteiger partial charge in [-0.2, -0.15) is 0 Å². The molecule has 3 aromatic carbocycles. The van der Waals surface area contributed by atoms with Crippen LogP contribution in [0.1, 0.15) is 42.2 Å². The van der Waals surface area contributed by atoms with Crippen molar-refractivity contribution >= 4 is 23.3 Å². The van der Waals surface area contributed by atoms with E-state index in [9.17, 15) is 14.4 Å². The molecular formula is C24H21NO4. The first-order valence-electron chi connectivity index (χ1n) is 9.18. The normalized spacial score (nSPS) is 10.3. The van der Waals surface area contributed by atoms with Crippen LogP contribution in [0.15, 0.2) is 72.8 Å². The zero-order valence-corrected chi connectivity index (χ0v) is 16.3. The first-order chi connectivity index (χ1) is 13.9. The van der Waals surface area contributed by atoms with Gasteiger partial charge in [-0.25, -0.2) is 4.79 Å². The summed E-state index contributed by atoms with van der Waals surface area (Å²) in [6, 6.07) is 20.6. The highest BCUT2D eigenvalue weighted by molar-refractivity contribution is 6.05. The fourth-order valence-corrected chi connectivity index (χ4v) is 2.70. The maximum atomic E-state index is 12.3. The van der Waals surface area contributed by atoms with Gasteiger partial charge in [-0.05, 0) is 73.5 Å². The number of hydrogen-bond acceptors (Lipinski definition) is 4. The first-order valence-corrected chi connectivity index (χ1v) is 9.18. The number of Topliss-reactive ketones (excluding diaryl/α,β-unsaturated/α-hetero) is 1. The molecule has 0 fully saturated rings. The van der Waals surface area contributed by atoms with Crippen molar-refractivity contribution in [2.45, 2.75) is 13.8 Å². The Bertz CT molecular complexity index is 1040. The van der Waals surface area contributed by atoms with Crippen molar-refractivity contribution in [2.75, 3.05) is 11.9 Å². The van der Waals surface area contributed by atoms with Crippen molar-refractivity contribution < 1.29 is 19.1 Å². The molecule has 5 nitrogen and oxygen atoms in total. The third-order valence-electron chi connectivity index (χ3n) is 4.58. The van der Waals surface area contributed by atoms with Crippen LogP contribution in [0, 0.1) is 13.8 Å². The highest BCUT2D eigenvalue weighted by Crippen LogP contribution is 2.14. The van der Waals surface area contributed by atoms with E-state index < -0.39 is 5.97 Å². The monoisotopic (exact) mass is 387 g/mol. The Morgan fingerprint density at radius 2 is 1.41 bits per heavy atom. The summed E-state index contributed by atoms with van der Waals surface area (Å²) in [5.74, 6) is -1.08. The minimum atomic E-state index is -0.534. The summed E-state index contributed by atoms with van der Waals surface area (Å²) in [4.78, 5) is 36.6. The SMILES string of the molecule is Cc1ccc(C(=O)OCC(=O)c2ccc(NC(=O)c3ccccc3)cc2)cc1C. The zero-order valence-electron chi connectivity index (χ0n) is 16.3. The van der Waals surface area contributed by atoms with Gasteiger partial charge in [-0.1, -0.05) is 24.3 Å². The van der Waals surface area contributed by atoms with Crippen LogP contribution in [-0.2, 0) is 4.74 Å². The number of aryl methyl sites for hydroxylation is 2. The van der Waals surface area contributed by atoms with Crippen LogP contribution in [0.25, 0.3) is 0 Å². The highest BCUT2D eigenvalue weighted by Gasteiger charge is 2.13. The predicted octanol–water partition coefficient (Wildman–Crippen LogP) is 4.60. The summed E-state index contributed by atoms with van der Waals surface area (Å²) in [5, 5.41) is 2.77. The molecule has 0 bridgehead atoms. The Labute approximate surface area is 169 Å². The first kappa shape index (κ1) is 20.0. The summed E-state index contributed by atoms with van der Waals surface area (Å²) >= 11 is 0. The number of benzene rings is 3. The van der Waals surface area contributed by atoms with Crippen molar-refractivity contribution in [3.8, 4) is 0 Å². The van der Waals surface area contributed by atoms with Crippen LogP contribution in [-0.4, -0.2) is 24.3 Å². The second kappa shape index (κ2) is 8.97. The van der Waals surface area contributed by atoms with Gasteiger partial charge in [-0.3, -0.25) is 9.59 Å². The summed E-state index contributed by atoms with van der Waals surface area (Å²) in [6.07, 6.45) is 0. The quantitative estimate of drug-likeness (QED) is 0.496. The van der Waals surface area contributed by atoms with Crippen molar-refractivity contribution in [2.24, 2.45) is 0 Å². The summed E-state index contributed by atoms with van der Waals surface area (Å²) in [6.45, 7) is 3.52. The molecule has 3 aromatic rings. The fraction of sp³-hybridized carbons (Fsp3) is 0.125. The largest absolute Gasteiger partial charge is 0.454 e. The van der Waals surface area contributed by atoms with E-state index in [4.69, 9.17) is 4.74 Å². The zero-order chi connectivity index (χ0) is 20.8. The number of esters is 1. The van der Waals surface area contributed by atoms with Gasteiger partial charge >= 0.3 is 5.97 Å². The second-order valence-corrected chi connectivity index (χ2v) is 6.70. The molecule has 5 heteroatoms. The molecule has 0 aliphatic carbocycles. The molecule has 1 N–H and O–H groups in total. The number of ketones is 1. The Morgan fingerprint density at radius 1 is 0.759 bits per heavy atom. The van der Waals surface area contributed by atoms with Crippen molar-refractivity contribution in [1.29, 1.82) is 0 Å². The average Bonchev–Trinajstić information content (AvgIpc) is 2.74. The number of ether oxygens (including phenoxy) is 1.